The van der Waals surface area contributed by atoms with Gasteiger partial charge in [0, 0.05) is 6.20 Å². The minimum Gasteiger partial charge on any atom is -0.428 e. The first-order valence-electron chi connectivity index (χ1n) is 3.84. The highest BCUT2D eigenvalue weighted by Crippen LogP contribution is 2.28. The zero-order chi connectivity index (χ0) is 9.97. The van der Waals surface area contributed by atoms with Gasteiger partial charge in [-0.3, -0.25) is 4.98 Å². The summed E-state index contributed by atoms with van der Waals surface area (Å²) >= 11 is 4.55. The first-order valence-corrected chi connectivity index (χ1v) is 5.45. The Balaban J connectivity index is 2.23. The maximum atomic E-state index is 5.48. The highest BCUT2D eigenvalue weighted by molar-refractivity contribution is 9.11. The Hall–Kier alpha value is -1.01. The van der Waals surface area contributed by atoms with Crippen molar-refractivity contribution in [3.63, 3.8) is 0 Å². The summed E-state index contributed by atoms with van der Waals surface area (Å²) in [5.74, 6) is 0.705. The van der Waals surface area contributed by atoms with Gasteiger partial charge in [-0.25, -0.2) is 0 Å². The van der Waals surface area contributed by atoms with Gasteiger partial charge in [-0.1, -0.05) is 5.10 Å². The van der Waals surface area contributed by atoms with Crippen molar-refractivity contribution < 1.29 is 4.74 Å². The lowest BCUT2D eigenvalue weighted by Gasteiger charge is -2.02. The van der Waals surface area contributed by atoms with Gasteiger partial charge < -0.3 is 4.74 Å². The lowest BCUT2D eigenvalue weighted by molar-refractivity contribution is 0.466. The molecule has 14 heavy (non-hydrogen) atoms. The van der Waals surface area contributed by atoms with Gasteiger partial charge in [0.1, 0.15) is 0 Å². The quantitative estimate of drug-likeness (QED) is 0.843. The van der Waals surface area contributed by atoms with E-state index in [0.717, 1.165) is 5.69 Å². The molecule has 0 radical (unpaired) electrons. The Bertz CT molecular complexity index is 446. The van der Waals surface area contributed by atoms with Gasteiger partial charge >= 0.3 is 0 Å². The minimum atomic E-state index is 0.507. The number of aryl methyl sites for hydroxylation is 1. The van der Waals surface area contributed by atoms with E-state index in [1.165, 1.54) is 11.3 Å². The molecule has 0 amide bonds. The molecule has 0 spiro atoms. The van der Waals surface area contributed by atoms with Gasteiger partial charge in [-0.2, -0.15) is 0 Å². The molecule has 0 aliphatic heterocycles. The molecule has 0 bridgehead atoms. The molecule has 6 heteroatoms. The molecule has 0 saturated heterocycles. The summed E-state index contributed by atoms with van der Waals surface area (Å²) < 4.78 is 6.19. The number of ether oxygens (including phenoxy) is 1. The van der Waals surface area contributed by atoms with Crippen LogP contribution in [0.5, 0.6) is 10.9 Å². The Morgan fingerprint density at radius 2 is 2.29 bits per heavy atom. The molecule has 0 fully saturated rings. The van der Waals surface area contributed by atoms with Gasteiger partial charge in [-0.05, 0) is 46.3 Å². The van der Waals surface area contributed by atoms with Crippen molar-refractivity contribution in [3.05, 3.63) is 27.9 Å². The Morgan fingerprint density at radius 1 is 1.43 bits per heavy atom. The number of pyridine rings is 1. The van der Waals surface area contributed by atoms with Crippen molar-refractivity contribution in [1.82, 2.24) is 15.2 Å². The van der Waals surface area contributed by atoms with E-state index >= 15 is 0 Å². The second-order valence-corrected chi connectivity index (χ2v) is 4.73. The number of halogens is 1. The molecule has 72 valence electrons. The van der Waals surface area contributed by atoms with Gasteiger partial charge in [-0.15, -0.1) is 5.10 Å². The van der Waals surface area contributed by atoms with E-state index in [9.17, 15) is 0 Å². The topological polar surface area (TPSA) is 47.9 Å². The second kappa shape index (κ2) is 4.02. The number of rotatable bonds is 2. The van der Waals surface area contributed by atoms with Crippen molar-refractivity contribution >= 4 is 27.3 Å². The molecular weight excluding hydrogens is 266 g/mol. The predicted octanol–water partition coefficient (Wildman–Crippen LogP) is 2.80. The maximum Gasteiger partial charge on any atom is 0.300 e. The van der Waals surface area contributed by atoms with E-state index < -0.39 is 0 Å². The van der Waals surface area contributed by atoms with Crippen molar-refractivity contribution in [3.8, 4) is 10.9 Å². The summed E-state index contributed by atoms with van der Waals surface area (Å²) in [5, 5.41) is 8.11. The van der Waals surface area contributed by atoms with E-state index in [4.69, 9.17) is 4.74 Å². The molecule has 0 N–H and O–H groups in total. The third kappa shape index (κ3) is 2.08. The van der Waals surface area contributed by atoms with Crippen LogP contribution in [0.25, 0.3) is 0 Å². The molecular formula is C8H6BrN3OS. The maximum absolute atomic E-state index is 5.48. The number of aromatic nitrogens is 3. The zero-order valence-electron chi connectivity index (χ0n) is 7.27. The average Bonchev–Trinajstić information content (AvgIpc) is 2.56. The molecule has 0 saturated carbocycles. The van der Waals surface area contributed by atoms with E-state index in [0.29, 0.717) is 14.9 Å². The molecule has 2 aromatic heterocycles. The lowest BCUT2D eigenvalue weighted by atomic mass is 10.3. The Labute approximate surface area is 93.1 Å². The normalized spacial score (nSPS) is 10.1. The summed E-state index contributed by atoms with van der Waals surface area (Å²) in [6, 6.07) is 3.66. The Kier molecular flexibility index (Phi) is 2.74. The Morgan fingerprint density at radius 3 is 2.93 bits per heavy atom. The van der Waals surface area contributed by atoms with Gasteiger partial charge in [0.25, 0.3) is 5.19 Å². The molecule has 0 unspecified atom stereocenters. The minimum absolute atomic E-state index is 0.507. The number of nitrogens with zero attached hydrogens (tertiary/aromatic N) is 3. The second-order valence-electron chi connectivity index (χ2n) is 2.51. The lowest BCUT2D eigenvalue weighted by Crippen LogP contribution is -1.88. The van der Waals surface area contributed by atoms with Crippen LogP contribution in [-0.4, -0.2) is 15.2 Å². The fourth-order valence-corrected chi connectivity index (χ4v) is 1.84. The SMILES string of the molecule is Cc1ncccc1Oc1nnc(Br)s1. The fourth-order valence-electron chi connectivity index (χ4n) is 0.906. The van der Waals surface area contributed by atoms with E-state index in [2.05, 4.69) is 31.1 Å². The average molecular weight is 272 g/mol. The summed E-state index contributed by atoms with van der Waals surface area (Å²) in [7, 11) is 0. The van der Waals surface area contributed by atoms with Crippen LogP contribution in [0.15, 0.2) is 22.2 Å². The molecule has 0 aliphatic carbocycles. The monoisotopic (exact) mass is 271 g/mol. The molecule has 0 aliphatic rings. The van der Waals surface area contributed by atoms with Crippen LogP contribution >= 0.6 is 27.3 Å². The van der Waals surface area contributed by atoms with Gasteiger partial charge in [0.15, 0.2) is 9.67 Å². The van der Waals surface area contributed by atoms with E-state index in [1.807, 2.05) is 19.1 Å². The summed E-state index contributed by atoms with van der Waals surface area (Å²) in [4.78, 5) is 4.10. The van der Waals surface area contributed by atoms with Crippen molar-refractivity contribution in [2.24, 2.45) is 0 Å². The number of hydrogen-bond donors (Lipinski definition) is 0. The summed E-state index contributed by atoms with van der Waals surface area (Å²) in [6.07, 6.45) is 1.72. The van der Waals surface area contributed by atoms with Crippen LogP contribution in [-0.2, 0) is 0 Å². The van der Waals surface area contributed by atoms with Crippen molar-refractivity contribution in [2.75, 3.05) is 0 Å². The third-order valence-corrected chi connectivity index (χ3v) is 2.77. The fraction of sp³-hybridized carbons (Fsp3) is 0.125. The summed E-state index contributed by atoms with van der Waals surface area (Å²) in [5.41, 5.74) is 0.832. The molecule has 4 nitrogen and oxygen atoms in total. The molecule has 2 aromatic rings. The zero-order valence-corrected chi connectivity index (χ0v) is 9.67. The van der Waals surface area contributed by atoms with Crippen molar-refractivity contribution in [1.29, 1.82) is 0 Å². The molecule has 0 aromatic carbocycles. The molecule has 2 heterocycles. The van der Waals surface area contributed by atoms with Crippen LogP contribution in [0.3, 0.4) is 0 Å². The van der Waals surface area contributed by atoms with Crippen LogP contribution in [0, 0.1) is 6.92 Å². The van der Waals surface area contributed by atoms with Crippen LogP contribution in [0.2, 0.25) is 0 Å². The standard InChI is InChI=1S/C8H6BrN3OS/c1-5-6(3-2-4-10-5)13-8-12-11-7(9)14-8/h2-4H,1H3. The number of hydrogen-bond acceptors (Lipinski definition) is 5. The largest absolute Gasteiger partial charge is 0.428 e. The van der Waals surface area contributed by atoms with Crippen molar-refractivity contribution in [2.45, 2.75) is 6.92 Å². The first-order chi connectivity index (χ1) is 6.75. The van der Waals surface area contributed by atoms with E-state index in [1.54, 1.807) is 6.20 Å². The van der Waals surface area contributed by atoms with E-state index in [-0.39, 0.29) is 0 Å². The summed E-state index contributed by atoms with van der Waals surface area (Å²) in [6.45, 7) is 1.88. The third-order valence-electron chi connectivity index (χ3n) is 1.54. The molecule has 0 atom stereocenters. The molecule has 2 rings (SSSR count). The van der Waals surface area contributed by atoms with Crippen LogP contribution < -0.4 is 4.74 Å². The van der Waals surface area contributed by atoms with Gasteiger partial charge in [0.2, 0.25) is 0 Å². The van der Waals surface area contributed by atoms with Crippen LogP contribution in [0.1, 0.15) is 5.69 Å². The highest BCUT2D eigenvalue weighted by atomic mass is 79.9. The highest BCUT2D eigenvalue weighted by Gasteiger charge is 2.05. The first kappa shape index (κ1) is 9.54. The van der Waals surface area contributed by atoms with Crippen LogP contribution in [0.4, 0.5) is 0 Å². The van der Waals surface area contributed by atoms with Gasteiger partial charge in [0.05, 0.1) is 5.69 Å². The predicted molar refractivity (Wildman–Crippen MR) is 56.7 cm³/mol. The smallest absolute Gasteiger partial charge is 0.300 e.